The van der Waals surface area contributed by atoms with Crippen LogP contribution < -0.4 is 5.32 Å². The largest absolute Gasteiger partial charge is 0.394 e. The van der Waals surface area contributed by atoms with E-state index in [1.54, 1.807) is 6.92 Å². The van der Waals surface area contributed by atoms with E-state index in [-0.39, 0.29) is 25.5 Å². The van der Waals surface area contributed by atoms with Crippen molar-refractivity contribution >= 4 is 5.91 Å². The molecule has 0 aliphatic carbocycles. The Kier molecular flexibility index (Phi) is 4.66. The summed E-state index contributed by atoms with van der Waals surface area (Å²) in [6.45, 7) is 2.99. The molecule has 0 fully saturated rings. The molecule has 4 nitrogen and oxygen atoms in total. The van der Waals surface area contributed by atoms with Gasteiger partial charge in [0.2, 0.25) is 5.91 Å². The van der Waals surface area contributed by atoms with Gasteiger partial charge in [-0.05, 0) is 19.4 Å². The zero-order chi connectivity index (χ0) is 12.9. The van der Waals surface area contributed by atoms with Gasteiger partial charge >= 0.3 is 0 Å². The van der Waals surface area contributed by atoms with Crippen molar-refractivity contribution in [2.24, 2.45) is 0 Å². The summed E-state index contributed by atoms with van der Waals surface area (Å²) in [5.74, 6) is -0.207. The molecule has 1 aromatic carbocycles. The molecule has 0 saturated heterocycles. The second kappa shape index (κ2) is 5.80. The van der Waals surface area contributed by atoms with Crippen LogP contribution in [0.25, 0.3) is 0 Å². The van der Waals surface area contributed by atoms with Crippen molar-refractivity contribution in [3.63, 3.8) is 0 Å². The number of nitrogens with one attached hydrogen (secondary N) is 1. The summed E-state index contributed by atoms with van der Waals surface area (Å²) in [5.41, 5.74) is 1.06. The summed E-state index contributed by atoms with van der Waals surface area (Å²) in [6.07, 6.45) is 0.247. The first-order chi connectivity index (χ1) is 7.99. The quantitative estimate of drug-likeness (QED) is 0.694. The number of rotatable bonds is 5. The van der Waals surface area contributed by atoms with Gasteiger partial charge in [-0.2, -0.15) is 0 Å². The summed E-state index contributed by atoms with van der Waals surface area (Å²) in [7, 11) is 0. The minimum absolute atomic E-state index is 0.207. The van der Waals surface area contributed by atoms with E-state index in [9.17, 15) is 4.79 Å². The summed E-state index contributed by atoms with van der Waals surface area (Å²) in [6, 6.07) is 7.68. The molecule has 0 radical (unpaired) electrons. The van der Waals surface area contributed by atoms with Gasteiger partial charge in [-0.15, -0.1) is 0 Å². The van der Waals surface area contributed by atoms with Gasteiger partial charge in [0, 0.05) is 0 Å². The average Bonchev–Trinajstić information content (AvgIpc) is 2.28. The fourth-order valence-corrected chi connectivity index (χ4v) is 1.52. The lowest BCUT2D eigenvalue weighted by Crippen LogP contribution is -2.52. The van der Waals surface area contributed by atoms with Crippen molar-refractivity contribution in [3.05, 3.63) is 35.4 Å². The van der Waals surface area contributed by atoms with E-state index in [1.807, 2.05) is 31.2 Å². The number of benzene rings is 1. The first-order valence-corrected chi connectivity index (χ1v) is 5.57. The Balaban J connectivity index is 2.61. The molecule has 0 bridgehead atoms. The number of amides is 1. The molecule has 1 rings (SSSR count). The molecule has 0 heterocycles. The molecule has 0 atom stereocenters. The summed E-state index contributed by atoms with van der Waals surface area (Å²) < 4.78 is 0. The number of carbonyl (C=O) groups is 1. The maximum atomic E-state index is 11.7. The fraction of sp³-hybridized carbons (Fsp3) is 0.462. The first-order valence-electron chi connectivity index (χ1n) is 5.57. The van der Waals surface area contributed by atoms with Crippen LogP contribution in [-0.4, -0.2) is 34.9 Å². The van der Waals surface area contributed by atoms with E-state index in [0.717, 1.165) is 11.1 Å². The van der Waals surface area contributed by atoms with Crippen molar-refractivity contribution < 1.29 is 15.0 Å². The Morgan fingerprint density at radius 2 is 2.00 bits per heavy atom. The Morgan fingerprint density at radius 3 is 2.53 bits per heavy atom. The first kappa shape index (κ1) is 13.7. The second-order valence-corrected chi connectivity index (χ2v) is 4.59. The maximum Gasteiger partial charge on any atom is 0.224 e. The number of aliphatic hydroxyl groups is 2. The molecular formula is C13H19NO3. The third kappa shape index (κ3) is 4.17. The molecule has 94 valence electrons. The highest BCUT2D eigenvalue weighted by Crippen LogP contribution is 2.06. The van der Waals surface area contributed by atoms with Gasteiger partial charge in [-0.3, -0.25) is 4.79 Å². The van der Waals surface area contributed by atoms with Crippen molar-refractivity contribution in [3.8, 4) is 0 Å². The number of hydrogen-bond acceptors (Lipinski definition) is 3. The monoisotopic (exact) mass is 237 g/mol. The molecule has 0 aromatic heterocycles. The van der Waals surface area contributed by atoms with E-state index >= 15 is 0 Å². The predicted octanol–water partition coefficient (Wildman–Crippen LogP) is 0.397. The van der Waals surface area contributed by atoms with Crippen LogP contribution in [0.15, 0.2) is 24.3 Å². The summed E-state index contributed by atoms with van der Waals surface area (Å²) in [5, 5.41) is 20.8. The maximum absolute atomic E-state index is 11.7. The molecule has 1 aromatic rings. The molecule has 0 aliphatic rings. The van der Waals surface area contributed by atoms with Gasteiger partial charge in [0.05, 0.1) is 25.2 Å². The zero-order valence-electron chi connectivity index (χ0n) is 10.2. The third-order valence-electron chi connectivity index (χ3n) is 2.59. The van der Waals surface area contributed by atoms with Crippen LogP contribution in [-0.2, 0) is 11.2 Å². The SMILES string of the molecule is Cc1cccc(CC(=O)NC(C)(CO)CO)c1. The Bertz CT molecular complexity index is 386. The highest BCUT2D eigenvalue weighted by Gasteiger charge is 2.24. The molecule has 3 N–H and O–H groups in total. The smallest absolute Gasteiger partial charge is 0.224 e. The number of aliphatic hydroxyl groups excluding tert-OH is 2. The molecule has 17 heavy (non-hydrogen) atoms. The van der Waals surface area contributed by atoms with Gasteiger partial charge < -0.3 is 15.5 Å². The van der Waals surface area contributed by atoms with Gasteiger partial charge in [0.1, 0.15) is 0 Å². The van der Waals surface area contributed by atoms with Gasteiger partial charge in [0.15, 0.2) is 0 Å². The molecule has 0 unspecified atom stereocenters. The lowest BCUT2D eigenvalue weighted by molar-refractivity contribution is -0.123. The molecule has 1 amide bonds. The highest BCUT2D eigenvalue weighted by atomic mass is 16.3. The van der Waals surface area contributed by atoms with Gasteiger partial charge in [-0.1, -0.05) is 29.8 Å². The van der Waals surface area contributed by atoms with Crippen LogP contribution in [0.5, 0.6) is 0 Å². The van der Waals surface area contributed by atoms with Crippen LogP contribution in [0.4, 0.5) is 0 Å². The molecule has 0 aliphatic heterocycles. The predicted molar refractivity (Wildman–Crippen MR) is 65.6 cm³/mol. The van der Waals surface area contributed by atoms with E-state index < -0.39 is 5.54 Å². The molecular weight excluding hydrogens is 218 g/mol. The van der Waals surface area contributed by atoms with E-state index in [0.29, 0.717) is 0 Å². The van der Waals surface area contributed by atoms with E-state index in [2.05, 4.69) is 5.32 Å². The van der Waals surface area contributed by atoms with Gasteiger partial charge in [0.25, 0.3) is 0 Å². The fourth-order valence-electron chi connectivity index (χ4n) is 1.52. The number of carbonyl (C=O) groups excluding carboxylic acids is 1. The van der Waals surface area contributed by atoms with Crippen LogP contribution in [0.1, 0.15) is 18.1 Å². The summed E-state index contributed by atoms with van der Waals surface area (Å²) in [4.78, 5) is 11.7. The zero-order valence-corrected chi connectivity index (χ0v) is 10.2. The van der Waals surface area contributed by atoms with Crippen LogP contribution in [0.3, 0.4) is 0 Å². The van der Waals surface area contributed by atoms with Crippen molar-refractivity contribution in [2.75, 3.05) is 13.2 Å². The topological polar surface area (TPSA) is 69.6 Å². The third-order valence-corrected chi connectivity index (χ3v) is 2.59. The Morgan fingerprint density at radius 1 is 1.35 bits per heavy atom. The van der Waals surface area contributed by atoms with Crippen molar-refractivity contribution in [1.29, 1.82) is 0 Å². The summed E-state index contributed by atoms with van der Waals surface area (Å²) >= 11 is 0. The number of hydrogen-bond donors (Lipinski definition) is 3. The average molecular weight is 237 g/mol. The van der Waals surface area contributed by atoms with E-state index in [4.69, 9.17) is 10.2 Å². The van der Waals surface area contributed by atoms with Crippen molar-refractivity contribution in [2.45, 2.75) is 25.8 Å². The van der Waals surface area contributed by atoms with E-state index in [1.165, 1.54) is 0 Å². The Hall–Kier alpha value is -1.39. The second-order valence-electron chi connectivity index (χ2n) is 4.59. The molecule has 0 spiro atoms. The lowest BCUT2D eigenvalue weighted by atomic mass is 10.0. The number of aryl methyl sites for hydroxylation is 1. The Labute approximate surface area is 101 Å². The highest BCUT2D eigenvalue weighted by molar-refractivity contribution is 5.79. The lowest BCUT2D eigenvalue weighted by Gasteiger charge is -2.26. The molecule has 4 heteroatoms. The standard InChI is InChI=1S/C13H19NO3/c1-10-4-3-5-11(6-10)7-12(17)14-13(2,8-15)9-16/h3-6,15-16H,7-9H2,1-2H3,(H,14,17). The minimum atomic E-state index is -0.957. The normalized spacial score (nSPS) is 11.3. The van der Waals surface area contributed by atoms with Gasteiger partial charge in [-0.25, -0.2) is 0 Å². The van der Waals surface area contributed by atoms with Crippen LogP contribution in [0, 0.1) is 6.92 Å². The van der Waals surface area contributed by atoms with Crippen LogP contribution >= 0.6 is 0 Å². The van der Waals surface area contributed by atoms with Crippen molar-refractivity contribution in [1.82, 2.24) is 5.32 Å². The minimum Gasteiger partial charge on any atom is -0.394 e. The molecule has 0 saturated carbocycles. The van der Waals surface area contributed by atoms with Crippen LogP contribution in [0.2, 0.25) is 0 Å².